The molecule has 2 aliphatic heterocycles. The van der Waals surface area contributed by atoms with Gasteiger partial charge in [-0.1, -0.05) is 24.3 Å². The summed E-state index contributed by atoms with van der Waals surface area (Å²) in [6, 6.07) is 15.8. The molecule has 2 aromatic carbocycles. The maximum Gasteiger partial charge on any atom is 0.239 e. The van der Waals surface area contributed by atoms with Crippen molar-refractivity contribution in [2.75, 3.05) is 25.1 Å². The van der Waals surface area contributed by atoms with Crippen LogP contribution in [0, 0.1) is 5.92 Å². The average molecular weight is 457 g/mol. The first kappa shape index (κ1) is 20.0. The quantitative estimate of drug-likeness (QED) is 0.637. The number of hydrogen-bond donors (Lipinski definition) is 0. The second-order valence-electron chi connectivity index (χ2n) is 7.67. The monoisotopic (exact) mass is 456 g/mol. The number of hydrogen-bond acceptors (Lipinski definition) is 3. The van der Waals surface area contributed by atoms with Crippen molar-refractivity contribution in [3.05, 3.63) is 58.6 Å². The Morgan fingerprint density at radius 1 is 1.14 bits per heavy atom. The summed E-state index contributed by atoms with van der Waals surface area (Å²) < 4.78 is 6.19. The van der Waals surface area contributed by atoms with Crippen LogP contribution in [0.25, 0.3) is 0 Å². The van der Waals surface area contributed by atoms with Gasteiger partial charge in [-0.3, -0.25) is 9.59 Å². The number of ether oxygens (including phenoxy) is 1. The highest BCUT2D eigenvalue weighted by Gasteiger charge is 2.42. The van der Waals surface area contributed by atoms with E-state index in [1.54, 1.807) is 12.0 Å². The molecule has 2 atom stereocenters. The minimum absolute atomic E-state index is 0.0186. The van der Waals surface area contributed by atoms with Crippen LogP contribution in [0.3, 0.4) is 0 Å². The Morgan fingerprint density at radius 3 is 2.76 bits per heavy atom. The molecule has 29 heavy (non-hydrogen) atoms. The summed E-state index contributed by atoms with van der Waals surface area (Å²) in [5, 5.41) is 0. The van der Waals surface area contributed by atoms with E-state index in [0.29, 0.717) is 13.0 Å². The minimum Gasteiger partial charge on any atom is -0.497 e. The fourth-order valence-electron chi connectivity index (χ4n) is 4.43. The number of carbonyl (C=O) groups excluding carboxylic acids is 2. The number of methoxy groups -OCH3 is 1. The number of nitrogens with zero attached hydrogens (tertiary/aromatic N) is 2. The molecule has 0 aromatic heterocycles. The number of halogens is 1. The molecule has 2 aromatic rings. The highest BCUT2D eigenvalue weighted by molar-refractivity contribution is 9.10. The van der Waals surface area contributed by atoms with Gasteiger partial charge in [-0.25, -0.2) is 0 Å². The number of amides is 2. The molecule has 2 fully saturated rings. The SMILES string of the molecule is COc1cccc(CC2CCCN2C(=O)C2CCN(c3ccccc3Br)C2=O)c1. The van der Waals surface area contributed by atoms with Crippen molar-refractivity contribution in [3.8, 4) is 5.75 Å². The Kier molecular flexibility index (Phi) is 5.90. The Labute approximate surface area is 179 Å². The fraction of sp³-hybridized carbons (Fsp3) is 0.391. The minimum atomic E-state index is -0.576. The second-order valence-corrected chi connectivity index (χ2v) is 8.52. The first-order valence-electron chi connectivity index (χ1n) is 10.1. The van der Waals surface area contributed by atoms with Gasteiger partial charge in [0.1, 0.15) is 11.7 Å². The molecule has 0 bridgehead atoms. The molecular formula is C23H25BrN2O3. The summed E-state index contributed by atoms with van der Waals surface area (Å²) in [6.45, 7) is 1.30. The summed E-state index contributed by atoms with van der Waals surface area (Å²) in [5.41, 5.74) is 1.99. The van der Waals surface area contributed by atoms with Crippen LogP contribution in [0.15, 0.2) is 53.0 Å². The van der Waals surface area contributed by atoms with Crippen LogP contribution in [0.4, 0.5) is 5.69 Å². The van der Waals surface area contributed by atoms with Crippen molar-refractivity contribution in [2.24, 2.45) is 5.92 Å². The van der Waals surface area contributed by atoms with Gasteiger partial charge < -0.3 is 14.5 Å². The fourth-order valence-corrected chi connectivity index (χ4v) is 4.93. The van der Waals surface area contributed by atoms with Gasteiger partial charge in [0, 0.05) is 23.6 Å². The van der Waals surface area contributed by atoms with Gasteiger partial charge in [0.2, 0.25) is 11.8 Å². The van der Waals surface area contributed by atoms with E-state index in [-0.39, 0.29) is 17.9 Å². The Morgan fingerprint density at radius 2 is 1.97 bits per heavy atom. The first-order valence-corrected chi connectivity index (χ1v) is 10.9. The molecule has 0 radical (unpaired) electrons. The highest BCUT2D eigenvalue weighted by Crippen LogP contribution is 2.33. The number of para-hydroxylation sites is 1. The van der Waals surface area contributed by atoms with Gasteiger partial charge in [-0.15, -0.1) is 0 Å². The average Bonchev–Trinajstić information content (AvgIpc) is 3.35. The zero-order chi connectivity index (χ0) is 20.4. The normalized spacial score (nSPS) is 21.7. The molecule has 2 heterocycles. The predicted molar refractivity (Wildman–Crippen MR) is 116 cm³/mol. The third-order valence-electron chi connectivity index (χ3n) is 5.91. The smallest absolute Gasteiger partial charge is 0.239 e. The summed E-state index contributed by atoms with van der Waals surface area (Å²) in [5.74, 6) is 0.144. The molecular weight excluding hydrogens is 432 g/mol. The van der Waals surface area contributed by atoms with E-state index < -0.39 is 5.92 Å². The van der Waals surface area contributed by atoms with Gasteiger partial charge in [0.25, 0.3) is 0 Å². The number of benzene rings is 2. The highest BCUT2D eigenvalue weighted by atomic mass is 79.9. The van der Waals surface area contributed by atoms with E-state index in [0.717, 1.165) is 47.3 Å². The molecule has 0 spiro atoms. The van der Waals surface area contributed by atoms with E-state index in [2.05, 4.69) is 22.0 Å². The van der Waals surface area contributed by atoms with Crippen LogP contribution < -0.4 is 9.64 Å². The number of likely N-dealkylation sites (tertiary alicyclic amines) is 1. The molecule has 2 aliphatic rings. The second kappa shape index (κ2) is 8.57. The molecule has 4 rings (SSSR count). The van der Waals surface area contributed by atoms with Crippen LogP contribution in [0.5, 0.6) is 5.75 Å². The molecule has 2 saturated heterocycles. The van der Waals surface area contributed by atoms with E-state index in [1.165, 1.54) is 0 Å². The summed E-state index contributed by atoms with van der Waals surface area (Å²) in [7, 11) is 1.66. The van der Waals surface area contributed by atoms with Crippen LogP contribution in [0.1, 0.15) is 24.8 Å². The zero-order valence-electron chi connectivity index (χ0n) is 16.5. The predicted octanol–water partition coefficient (Wildman–Crippen LogP) is 4.04. The Bertz CT molecular complexity index is 917. The van der Waals surface area contributed by atoms with E-state index >= 15 is 0 Å². The van der Waals surface area contributed by atoms with E-state index in [1.807, 2.05) is 47.4 Å². The summed E-state index contributed by atoms with van der Waals surface area (Å²) >= 11 is 3.52. The van der Waals surface area contributed by atoms with Crippen LogP contribution >= 0.6 is 15.9 Å². The lowest BCUT2D eigenvalue weighted by Crippen LogP contribution is -2.43. The standard InChI is InChI=1S/C23H25BrN2O3/c1-29-18-8-4-6-16(15-18)14-17-7-5-12-25(17)22(27)19-11-13-26(23(19)28)21-10-3-2-9-20(21)24/h2-4,6,8-10,15,17,19H,5,7,11-14H2,1H3. The molecule has 5 nitrogen and oxygen atoms in total. The zero-order valence-corrected chi connectivity index (χ0v) is 18.1. The first-order chi connectivity index (χ1) is 14.1. The van der Waals surface area contributed by atoms with Crippen molar-refractivity contribution in [1.82, 2.24) is 4.90 Å². The largest absolute Gasteiger partial charge is 0.497 e. The third-order valence-corrected chi connectivity index (χ3v) is 6.58. The molecule has 2 unspecified atom stereocenters. The van der Waals surface area contributed by atoms with Crippen LogP contribution in [-0.2, 0) is 16.0 Å². The van der Waals surface area contributed by atoms with Gasteiger partial charge in [0.05, 0.1) is 12.8 Å². The maximum absolute atomic E-state index is 13.3. The van der Waals surface area contributed by atoms with Gasteiger partial charge in [0.15, 0.2) is 0 Å². The third kappa shape index (κ3) is 4.04. The molecule has 0 saturated carbocycles. The lowest BCUT2D eigenvalue weighted by molar-refractivity contribution is -0.140. The van der Waals surface area contributed by atoms with Crippen molar-refractivity contribution in [3.63, 3.8) is 0 Å². The van der Waals surface area contributed by atoms with Crippen molar-refractivity contribution in [1.29, 1.82) is 0 Å². The Balaban J connectivity index is 1.47. The van der Waals surface area contributed by atoms with Gasteiger partial charge in [-0.05, 0) is 71.4 Å². The number of anilines is 1. The molecule has 152 valence electrons. The molecule has 0 N–H and O–H groups in total. The number of rotatable bonds is 5. The van der Waals surface area contributed by atoms with Crippen LogP contribution in [0.2, 0.25) is 0 Å². The van der Waals surface area contributed by atoms with Crippen molar-refractivity contribution < 1.29 is 14.3 Å². The van der Waals surface area contributed by atoms with Crippen molar-refractivity contribution in [2.45, 2.75) is 31.7 Å². The van der Waals surface area contributed by atoms with E-state index in [9.17, 15) is 9.59 Å². The topological polar surface area (TPSA) is 49.9 Å². The van der Waals surface area contributed by atoms with Crippen LogP contribution in [-0.4, -0.2) is 43.0 Å². The molecule has 0 aliphatic carbocycles. The van der Waals surface area contributed by atoms with E-state index in [4.69, 9.17) is 4.74 Å². The maximum atomic E-state index is 13.3. The Hall–Kier alpha value is -2.34. The lowest BCUT2D eigenvalue weighted by Gasteiger charge is -2.27. The summed E-state index contributed by atoms with van der Waals surface area (Å²) in [6.07, 6.45) is 3.31. The number of carbonyl (C=O) groups is 2. The summed E-state index contributed by atoms with van der Waals surface area (Å²) in [4.78, 5) is 30.0. The lowest BCUT2D eigenvalue weighted by atomic mass is 10.0. The van der Waals surface area contributed by atoms with Gasteiger partial charge in [-0.2, -0.15) is 0 Å². The van der Waals surface area contributed by atoms with Crippen molar-refractivity contribution >= 4 is 33.4 Å². The molecule has 6 heteroatoms. The van der Waals surface area contributed by atoms with Gasteiger partial charge >= 0.3 is 0 Å². The molecule has 2 amide bonds.